The van der Waals surface area contributed by atoms with Crippen molar-refractivity contribution >= 4 is 6.03 Å². The van der Waals surface area contributed by atoms with Gasteiger partial charge in [-0.05, 0) is 20.8 Å². The van der Waals surface area contributed by atoms with Crippen molar-refractivity contribution in [3.05, 3.63) is 0 Å². The molecule has 0 saturated heterocycles. The van der Waals surface area contributed by atoms with Gasteiger partial charge in [-0.25, -0.2) is 4.79 Å². The number of carbonyl (C=O) groups is 1. The molecule has 0 unspecified atom stereocenters. The van der Waals surface area contributed by atoms with Crippen molar-refractivity contribution in [3.63, 3.8) is 0 Å². The number of urea groups is 1. The van der Waals surface area contributed by atoms with Crippen molar-refractivity contribution in [2.75, 3.05) is 26.8 Å². The second kappa shape index (κ2) is 6.71. The average Bonchev–Trinajstić information content (AvgIpc) is 2.03. The first-order valence-corrected chi connectivity index (χ1v) is 4.67. The first-order valence-electron chi connectivity index (χ1n) is 4.67. The van der Waals surface area contributed by atoms with Gasteiger partial charge in [-0.1, -0.05) is 0 Å². The van der Waals surface area contributed by atoms with E-state index in [0.717, 1.165) is 0 Å². The number of amides is 2. The molecule has 0 heterocycles. The zero-order valence-corrected chi connectivity index (χ0v) is 8.96. The van der Waals surface area contributed by atoms with E-state index >= 15 is 0 Å². The van der Waals surface area contributed by atoms with Crippen molar-refractivity contribution in [1.29, 1.82) is 0 Å². The Labute approximate surface area is 80.2 Å². The zero-order chi connectivity index (χ0) is 10.3. The topological polar surface area (TPSA) is 41.6 Å². The highest BCUT2D eigenvalue weighted by Gasteiger charge is 2.07. The first kappa shape index (κ1) is 12.2. The van der Waals surface area contributed by atoms with E-state index in [2.05, 4.69) is 5.32 Å². The minimum Gasteiger partial charge on any atom is -0.380 e. The summed E-state index contributed by atoms with van der Waals surface area (Å²) in [6.07, 6.45) is 0. The summed E-state index contributed by atoms with van der Waals surface area (Å²) in [6, 6.07) is 0.136. The van der Waals surface area contributed by atoms with Gasteiger partial charge in [-0.2, -0.15) is 0 Å². The van der Waals surface area contributed by atoms with Crippen LogP contribution < -0.4 is 5.32 Å². The van der Waals surface area contributed by atoms with Crippen LogP contribution >= 0.6 is 0 Å². The standard InChI is InChI=1S/C9H20N2O2/c1-5-13-7-6-11(4)9(12)10-8(2)3/h8H,5-7H2,1-4H3,(H,10,12). The third-order valence-corrected chi connectivity index (χ3v) is 1.53. The first-order chi connectivity index (χ1) is 6.07. The molecule has 78 valence electrons. The molecule has 0 rings (SSSR count). The number of nitrogens with one attached hydrogen (secondary N) is 1. The molecule has 0 aliphatic rings. The molecule has 1 N–H and O–H groups in total. The normalized spacial score (nSPS) is 10.2. The minimum atomic E-state index is -0.0466. The average molecular weight is 188 g/mol. The molecule has 0 saturated carbocycles. The molecular weight excluding hydrogens is 168 g/mol. The molecular formula is C9H20N2O2. The Morgan fingerprint density at radius 3 is 2.62 bits per heavy atom. The van der Waals surface area contributed by atoms with Crippen LogP contribution in [0.5, 0.6) is 0 Å². The summed E-state index contributed by atoms with van der Waals surface area (Å²) in [7, 11) is 1.76. The molecule has 0 bridgehead atoms. The van der Waals surface area contributed by atoms with Crippen molar-refractivity contribution < 1.29 is 9.53 Å². The maximum absolute atomic E-state index is 11.3. The quantitative estimate of drug-likeness (QED) is 0.656. The van der Waals surface area contributed by atoms with Crippen LogP contribution in [0.1, 0.15) is 20.8 Å². The Hall–Kier alpha value is -0.770. The third-order valence-electron chi connectivity index (χ3n) is 1.53. The van der Waals surface area contributed by atoms with Crippen molar-refractivity contribution in [2.24, 2.45) is 0 Å². The van der Waals surface area contributed by atoms with Gasteiger partial charge in [0.1, 0.15) is 0 Å². The lowest BCUT2D eigenvalue weighted by molar-refractivity contribution is 0.125. The van der Waals surface area contributed by atoms with E-state index in [1.807, 2.05) is 20.8 Å². The van der Waals surface area contributed by atoms with Gasteiger partial charge in [0.25, 0.3) is 0 Å². The molecule has 0 aliphatic carbocycles. The maximum Gasteiger partial charge on any atom is 0.317 e. The summed E-state index contributed by atoms with van der Waals surface area (Å²) >= 11 is 0. The number of carbonyl (C=O) groups excluding carboxylic acids is 1. The van der Waals surface area contributed by atoms with Gasteiger partial charge in [-0.3, -0.25) is 0 Å². The van der Waals surface area contributed by atoms with Gasteiger partial charge in [0.2, 0.25) is 0 Å². The van der Waals surface area contributed by atoms with E-state index in [0.29, 0.717) is 19.8 Å². The number of hydrogen-bond acceptors (Lipinski definition) is 2. The largest absolute Gasteiger partial charge is 0.380 e. The molecule has 0 aromatic rings. The predicted octanol–water partition coefficient (Wildman–Crippen LogP) is 1.07. The lowest BCUT2D eigenvalue weighted by Crippen LogP contribution is -2.42. The maximum atomic E-state index is 11.3. The molecule has 2 amide bonds. The third kappa shape index (κ3) is 6.40. The summed E-state index contributed by atoms with van der Waals surface area (Å²) in [4.78, 5) is 12.9. The smallest absolute Gasteiger partial charge is 0.317 e. The zero-order valence-electron chi connectivity index (χ0n) is 8.96. The molecule has 0 aromatic heterocycles. The second-order valence-electron chi connectivity index (χ2n) is 3.22. The highest BCUT2D eigenvalue weighted by molar-refractivity contribution is 5.74. The molecule has 4 nitrogen and oxygen atoms in total. The van der Waals surface area contributed by atoms with Crippen LogP contribution in [0.25, 0.3) is 0 Å². The van der Waals surface area contributed by atoms with Gasteiger partial charge in [-0.15, -0.1) is 0 Å². The number of rotatable bonds is 5. The molecule has 13 heavy (non-hydrogen) atoms. The monoisotopic (exact) mass is 188 g/mol. The van der Waals surface area contributed by atoms with Crippen LogP contribution in [0.2, 0.25) is 0 Å². The Balaban J connectivity index is 3.57. The molecule has 0 atom stereocenters. The SMILES string of the molecule is CCOCCN(C)C(=O)NC(C)C. The minimum absolute atomic E-state index is 0.0466. The molecule has 4 heteroatoms. The van der Waals surface area contributed by atoms with E-state index < -0.39 is 0 Å². The van der Waals surface area contributed by atoms with Crippen LogP contribution in [0.3, 0.4) is 0 Å². The molecule has 0 radical (unpaired) electrons. The Bertz CT molecular complexity index is 149. The number of likely N-dealkylation sites (N-methyl/N-ethyl adjacent to an activating group) is 1. The second-order valence-corrected chi connectivity index (χ2v) is 3.22. The van der Waals surface area contributed by atoms with Crippen LogP contribution in [-0.4, -0.2) is 43.8 Å². The van der Waals surface area contributed by atoms with Crippen molar-refractivity contribution in [1.82, 2.24) is 10.2 Å². The fraction of sp³-hybridized carbons (Fsp3) is 0.889. The van der Waals surface area contributed by atoms with Gasteiger partial charge in [0.05, 0.1) is 6.61 Å². The fourth-order valence-electron chi connectivity index (χ4n) is 0.805. The lowest BCUT2D eigenvalue weighted by Gasteiger charge is -2.19. The Morgan fingerprint density at radius 1 is 1.54 bits per heavy atom. The molecule has 0 aliphatic heterocycles. The van der Waals surface area contributed by atoms with E-state index in [9.17, 15) is 4.79 Å². The van der Waals surface area contributed by atoms with E-state index in [1.54, 1.807) is 11.9 Å². The van der Waals surface area contributed by atoms with E-state index in [-0.39, 0.29) is 12.1 Å². The lowest BCUT2D eigenvalue weighted by atomic mass is 10.4. The van der Waals surface area contributed by atoms with E-state index in [1.165, 1.54) is 0 Å². The molecule has 0 spiro atoms. The van der Waals surface area contributed by atoms with E-state index in [4.69, 9.17) is 4.74 Å². The number of nitrogens with zero attached hydrogens (tertiary/aromatic N) is 1. The summed E-state index contributed by atoms with van der Waals surface area (Å²) in [5.41, 5.74) is 0. The van der Waals surface area contributed by atoms with Gasteiger partial charge >= 0.3 is 6.03 Å². The summed E-state index contributed by atoms with van der Waals surface area (Å²) in [6.45, 7) is 7.74. The highest BCUT2D eigenvalue weighted by Crippen LogP contribution is 1.87. The van der Waals surface area contributed by atoms with Crippen LogP contribution in [-0.2, 0) is 4.74 Å². The van der Waals surface area contributed by atoms with Crippen LogP contribution in [0, 0.1) is 0 Å². The van der Waals surface area contributed by atoms with Crippen molar-refractivity contribution in [3.8, 4) is 0 Å². The Morgan fingerprint density at radius 2 is 2.15 bits per heavy atom. The molecule has 0 fully saturated rings. The van der Waals surface area contributed by atoms with Crippen LogP contribution in [0.15, 0.2) is 0 Å². The fourth-order valence-corrected chi connectivity index (χ4v) is 0.805. The van der Waals surface area contributed by atoms with Crippen LogP contribution in [0.4, 0.5) is 4.79 Å². The number of ether oxygens (including phenoxy) is 1. The van der Waals surface area contributed by atoms with Gasteiger partial charge in [0.15, 0.2) is 0 Å². The summed E-state index contributed by atoms with van der Waals surface area (Å²) in [5.74, 6) is 0. The van der Waals surface area contributed by atoms with Gasteiger partial charge in [0, 0.05) is 26.2 Å². The molecule has 0 aromatic carbocycles. The summed E-state index contributed by atoms with van der Waals surface area (Å²) < 4.78 is 5.14. The predicted molar refractivity (Wildman–Crippen MR) is 52.8 cm³/mol. The van der Waals surface area contributed by atoms with Gasteiger partial charge < -0.3 is 15.0 Å². The number of hydrogen-bond donors (Lipinski definition) is 1. The summed E-state index contributed by atoms with van der Waals surface area (Å²) in [5, 5.41) is 2.80. The Kier molecular flexibility index (Phi) is 6.32. The highest BCUT2D eigenvalue weighted by atomic mass is 16.5. The van der Waals surface area contributed by atoms with Crippen molar-refractivity contribution in [2.45, 2.75) is 26.8 Å².